The van der Waals surface area contributed by atoms with Gasteiger partial charge in [0.2, 0.25) is 5.91 Å². The Kier molecular flexibility index (Phi) is 8.51. The summed E-state index contributed by atoms with van der Waals surface area (Å²) in [5, 5.41) is 15.4. The molecule has 2 aromatic carbocycles. The second kappa shape index (κ2) is 10.9. The normalized spacial score (nSPS) is 15.2. The number of aliphatic hydroxyl groups excluding tert-OH is 1. The van der Waals surface area contributed by atoms with Crippen LogP contribution in [0.5, 0.6) is 5.75 Å². The third-order valence-corrected chi connectivity index (χ3v) is 8.85. The van der Waals surface area contributed by atoms with Crippen LogP contribution in [0.25, 0.3) is 0 Å². The number of benzene rings is 2. The van der Waals surface area contributed by atoms with Gasteiger partial charge < -0.3 is 20.1 Å². The van der Waals surface area contributed by atoms with Gasteiger partial charge in [0.15, 0.2) is 0 Å². The maximum absolute atomic E-state index is 13.3. The van der Waals surface area contributed by atoms with Gasteiger partial charge in [-0.3, -0.25) is 4.79 Å². The number of methoxy groups -OCH3 is 1. The van der Waals surface area contributed by atoms with Crippen LogP contribution in [-0.4, -0.2) is 44.4 Å². The minimum atomic E-state index is -1.74. The van der Waals surface area contributed by atoms with Gasteiger partial charge in [-0.15, -0.1) is 0 Å². The molecule has 192 valence electrons. The standard InChI is InChI=1S/C29H44N2O3Si/c1-20-17-22(11-12-23(32)18-30-29(2,3)4)25-15-16-26(33)31(27(25)28(20)35(6,7)8)19-21-9-13-24(34-5)14-10-21/h9-10,13-14,17,23,30,32H,11-12,15-16,18-19H2,1-8H3/t23-/m1/s1. The van der Waals surface area contributed by atoms with Crippen LogP contribution in [0.2, 0.25) is 19.6 Å². The number of nitrogens with zero attached hydrogens (tertiary/aromatic N) is 1. The number of β-amino-alcohol motifs (C(OH)–C–C–N with tert-alkyl or cyclic N) is 1. The molecular weight excluding hydrogens is 452 g/mol. The number of nitrogens with one attached hydrogen (secondary N) is 1. The van der Waals surface area contributed by atoms with Crippen LogP contribution in [0.15, 0.2) is 30.3 Å². The van der Waals surface area contributed by atoms with E-state index in [1.54, 1.807) is 7.11 Å². The number of carbonyl (C=O) groups is 1. The van der Waals surface area contributed by atoms with Crippen LogP contribution in [-0.2, 0) is 24.2 Å². The molecule has 1 atom stereocenters. The summed E-state index contributed by atoms with van der Waals surface area (Å²) in [4.78, 5) is 15.3. The number of aliphatic hydroxyl groups is 1. The first-order chi connectivity index (χ1) is 16.3. The maximum atomic E-state index is 13.3. The van der Waals surface area contributed by atoms with E-state index < -0.39 is 14.2 Å². The maximum Gasteiger partial charge on any atom is 0.227 e. The van der Waals surface area contributed by atoms with Gasteiger partial charge in [-0.2, -0.15) is 0 Å². The van der Waals surface area contributed by atoms with E-state index >= 15 is 0 Å². The molecule has 0 bridgehead atoms. The molecule has 5 nitrogen and oxygen atoms in total. The molecule has 1 amide bonds. The molecule has 0 saturated carbocycles. The molecule has 0 radical (unpaired) electrons. The highest BCUT2D eigenvalue weighted by atomic mass is 28.3. The molecule has 6 heteroatoms. The van der Waals surface area contributed by atoms with Gasteiger partial charge >= 0.3 is 0 Å². The third kappa shape index (κ3) is 6.96. The summed E-state index contributed by atoms with van der Waals surface area (Å²) in [6, 6.07) is 10.3. The fourth-order valence-electron chi connectivity index (χ4n) is 5.08. The number of amides is 1. The number of rotatable bonds is 9. The van der Waals surface area contributed by atoms with E-state index in [2.05, 4.69) is 58.7 Å². The molecule has 35 heavy (non-hydrogen) atoms. The monoisotopic (exact) mass is 496 g/mol. The fraction of sp³-hybridized carbons (Fsp3) is 0.552. The Labute approximate surface area is 212 Å². The molecule has 2 N–H and O–H groups in total. The fourth-order valence-corrected chi connectivity index (χ4v) is 7.33. The lowest BCUT2D eigenvalue weighted by Crippen LogP contribution is -2.48. The lowest BCUT2D eigenvalue weighted by molar-refractivity contribution is -0.119. The molecule has 0 unspecified atom stereocenters. The van der Waals surface area contributed by atoms with Crippen molar-refractivity contribution in [3.8, 4) is 5.75 Å². The minimum absolute atomic E-state index is 0.0158. The number of hydrogen-bond acceptors (Lipinski definition) is 4. The summed E-state index contributed by atoms with van der Waals surface area (Å²) < 4.78 is 5.31. The Balaban J connectivity index is 1.97. The largest absolute Gasteiger partial charge is 0.497 e. The van der Waals surface area contributed by atoms with Gasteiger partial charge in [0.05, 0.1) is 27.8 Å². The summed E-state index contributed by atoms with van der Waals surface area (Å²) in [6.07, 6.45) is 2.41. The lowest BCUT2D eigenvalue weighted by atomic mass is 9.90. The van der Waals surface area contributed by atoms with Crippen molar-refractivity contribution >= 4 is 24.9 Å². The van der Waals surface area contributed by atoms with Crippen molar-refractivity contribution in [2.45, 2.75) is 91.2 Å². The highest BCUT2D eigenvalue weighted by Crippen LogP contribution is 2.35. The van der Waals surface area contributed by atoms with Crippen molar-refractivity contribution in [2.24, 2.45) is 0 Å². The third-order valence-electron chi connectivity index (χ3n) is 6.72. The summed E-state index contributed by atoms with van der Waals surface area (Å²) >= 11 is 0. The molecule has 3 rings (SSSR count). The van der Waals surface area contributed by atoms with E-state index in [0.717, 1.165) is 29.8 Å². The first-order valence-electron chi connectivity index (χ1n) is 12.8. The quantitative estimate of drug-likeness (QED) is 0.494. The Morgan fingerprint density at radius 2 is 1.80 bits per heavy atom. The second-order valence-electron chi connectivity index (χ2n) is 12.0. The van der Waals surface area contributed by atoms with E-state index in [1.165, 1.54) is 21.9 Å². The zero-order valence-electron chi connectivity index (χ0n) is 22.9. The topological polar surface area (TPSA) is 61.8 Å². The molecule has 0 fully saturated rings. The van der Waals surface area contributed by atoms with Crippen LogP contribution >= 0.6 is 0 Å². The van der Waals surface area contributed by atoms with Gasteiger partial charge in [-0.1, -0.05) is 37.8 Å². The molecule has 2 aromatic rings. The van der Waals surface area contributed by atoms with Gasteiger partial charge in [0.1, 0.15) is 5.75 Å². The van der Waals surface area contributed by atoms with Crippen molar-refractivity contribution in [1.82, 2.24) is 5.32 Å². The Morgan fingerprint density at radius 1 is 1.14 bits per heavy atom. The summed E-state index contributed by atoms with van der Waals surface area (Å²) in [5.74, 6) is 1.01. The van der Waals surface area contributed by atoms with E-state index in [4.69, 9.17) is 4.74 Å². The number of hydrogen-bond donors (Lipinski definition) is 2. The molecule has 0 aliphatic carbocycles. The predicted molar refractivity (Wildman–Crippen MR) is 149 cm³/mol. The molecule has 0 spiro atoms. The molecule has 0 aromatic heterocycles. The van der Waals surface area contributed by atoms with Gasteiger partial charge in [0.25, 0.3) is 0 Å². The number of carbonyl (C=O) groups excluding carboxylic acids is 1. The Hall–Kier alpha value is -2.15. The van der Waals surface area contributed by atoms with Crippen LogP contribution in [0.1, 0.15) is 55.9 Å². The summed E-state index contributed by atoms with van der Waals surface area (Å²) in [7, 11) is -0.0684. The Morgan fingerprint density at radius 3 is 2.37 bits per heavy atom. The van der Waals surface area contributed by atoms with Crippen molar-refractivity contribution < 1.29 is 14.6 Å². The highest BCUT2D eigenvalue weighted by molar-refractivity contribution is 6.90. The highest BCUT2D eigenvalue weighted by Gasteiger charge is 2.34. The average Bonchev–Trinajstić information content (AvgIpc) is 2.77. The van der Waals surface area contributed by atoms with Gasteiger partial charge in [-0.05, 0) is 86.5 Å². The van der Waals surface area contributed by atoms with Crippen molar-refractivity contribution in [1.29, 1.82) is 0 Å². The number of ether oxygens (including phenoxy) is 1. The van der Waals surface area contributed by atoms with Crippen molar-refractivity contribution in [3.05, 3.63) is 52.6 Å². The molecule has 1 aliphatic heterocycles. The predicted octanol–water partition coefficient (Wildman–Crippen LogP) is 4.71. The first kappa shape index (κ1) is 27.4. The lowest BCUT2D eigenvalue weighted by Gasteiger charge is -2.37. The molecular formula is C29H44N2O3Si. The van der Waals surface area contributed by atoms with E-state index in [-0.39, 0.29) is 11.4 Å². The van der Waals surface area contributed by atoms with Crippen molar-refractivity contribution in [3.63, 3.8) is 0 Å². The average molecular weight is 497 g/mol. The summed E-state index contributed by atoms with van der Waals surface area (Å²) in [5.41, 5.74) is 6.08. The minimum Gasteiger partial charge on any atom is -0.497 e. The zero-order valence-corrected chi connectivity index (χ0v) is 23.9. The SMILES string of the molecule is COc1ccc(CN2C(=O)CCc3c(CC[C@@H](O)CNC(C)(C)C)cc(C)c([Si](C)(C)C)c32)cc1. The van der Waals surface area contributed by atoms with Crippen LogP contribution in [0.3, 0.4) is 0 Å². The number of anilines is 1. The van der Waals surface area contributed by atoms with Crippen LogP contribution < -0.4 is 20.1 Å². The number of fused-ring (bicyclic) bond motifs is 1. The molecule has 1 heterocycles. The van der Waals surface area contributed by atoms with Crippen LogP contribution in [0.4, 0.5) is 5.69 Å². The van der Waals surface area contributed by atoms with Gasteiger partial charge in [-0.25, -0.2) is 0 Å². The number of aryl methyl sites for hydroxylation is 2. The molecule has 0 saturated heterocycles. The summed E-state index contributed by atoms with van der Waals surface area (Å²) in [6.45, 7) is 16.8. The first-order valence-corrected chi connectivity index (χ1v) is 16.3. The smallest absolute Gasteiger partial charge is 0.227 e. The van der Waals surface area contributed by atoms with E-state index in [0.29, 0.717) is 25.9 Å². The van der Waals surface area contributed by atoms with Crippen LogP contribution in [0, 0.1) is 6.92 Å². The zero-order chi connectivity index (χ0) is 26.0. The second-order valence-corrected chi connectivity index (χ2v) is 17.0. The van der Waals surface area contributed by atoms with Crippen molar-refractivity contribution in [2.75, 3.05) is 18.6 Å². The van der Waals surface area contributed by atoms with E-state index in [1.807, 2.05) is 29.2 Å². The van der Waals surface area contributed by atoms with E-state index in [9.17, 15) is 9.90 Å². The Bertz CT molecular complexity index is 1040. The van der Waals surface area contributed by atoms with Gasteiger partial charge in [0, 0.05) is 24.2 Å². The molecule has 1 aliphatic rings.